The van der Waals surface area contributed by atoms with Crippen molar-refractivity contribution in [3.8, 4) is 0 Å². The predicted octanol–water partition coefficient (Wildman–Crippen LogP) is 0.755. The summed E-state index contributed by atoms with van der Waals surface area (Å²) in [5.74, 6) is -0.237. The first kappa shape index (κ1) is 15.0. The summed E-state index contributed by atoms with van der Waals surface area (Å²) in [7, 11) is 1.72. The number of rotatable bonds is 4. The van der Waals surface area contributed by atoms with Gasteiger partial charge in [-0.3, -0.25) is 18.8 Å². The number of benzene rings is 1. The third-order valence-corrected chi connectivity index (χ3v) is 3.60. The number of carbonyl (C=O) groups excluding carboxylic acids is 1. The fraction of sp³-hybridized carbons (Fsp3) is 0.250. The fourth-order valence-corrected chi connectivity index (χ4v) is 2.41. The van der Waals surface area contributed by atoms with Gasteiger partial charge in [0.2, 0.25) is 5.91 Å². The molecule has 3 aromatic rings. The van der Waals surface area contributed by atoms with Crippen LogP contribution >= 0.6 is 0 Å². The summed E-state index contributed by atoms with van der Waals surface area (Å²) in [5, 5.41) is 7.21. The van der Waals surface area contributed by atoms with E-state index in [9.17, 15) is 9.59 Å². The number of aromatic nitrogens is 4. The zero-order valence-corrected chi connectivity index (χ0v) is 13.0. The van der Waals surface area contributed by atoms with Gasteiger partial charge in [-0.05, 0) is 12.5 Å². The second kappa shape index (κ2) is 6.04. The molecule has 0 aliphatic carbocycles. The third-order valence-electron chi connectivity index (χ3n) is 3.60. The lowest BCUT2D eigenvalue weighted by Gasteiger charge is -2.08. The van der Waals surface area contributed by atoms with Crippen molar-refractivity contribution in [2.45, 2.75) is 20.0 Å². The second-order valence-electron chi connectivity index (χ2n) is 5.45. The van der Waals surface area contributed by atoms with Crippen LogP contribution in [0.3, 0.4) is 0 Å². The monoisotopic (exact) mass is 311 g/mol. The third kappa shape index (κ3) is 3.13. The zero-order chi connectivity index (χ0) is 16.4. The normalized spacial score (nSPS) is 10.9. The SMILES string of the molecule is Cc1cccc(CNC(=O)Cn2cnc3c(cnn3C)c2=O)c1. The van der Waals surface area contributed by atoms with Crippen LogP contribution in [0.25, 0.3) is 11.0 Å². The van der Waals surface area contributed by atoms with Crippen molar-refractivity contribution in [2.24, 2.45) is 7.05 Å². The molecule has 0 saturated carbocycles. The van der Waals surface area contributed by atoms with Crippen molar-refractivity contribution in [3.63, 3.8) is 0 Å². The van der Waals surface area contributed by atoms with Gasteiger partial charge in [0, 0.05) is 13.6 Å². The first-order chi connectivity index (χ1) is 11.0. The molecule has 0 unspecified atom stereocenters. The summed E-state index contributed by atoms with van der Waals surface area (Å²) in [6, 6.07) is 7.90. The maximum Gasteiger partial charge on any atom is 0.264 e. The molecule has 0 aliphatic rings. The van der Waals surface area contributed by atoms with Gasteiger partial charge in [0.05, 0.1) is 6.20 Å². The molecule has 2 heterocycles. The van der Waals surface area contributed by atoms with Crippen LogP contribution in [0.5, 0.6) is 0 Å². The first-order valence-electron chi connectivity index (χ1n) is 7.24. The van der Waals surface area contributed by atoms with Gasteiger partial charge >= 0.3 is 0 Å². The average molecular weight is 311 g/mol. The Morgan fingerprint density at radius 3 is 2.96 bits per heavy atom. The molecule has 0 fully saturated rings. The summed E-state index contributed by atoms with van der Waals surface area (Å²) >= 11 is 0. The van der Waals surface area contributed by atoms with E-state index in [-0.39, 0.29) is 18.0 Å². The number of carbonyl (C=O) groups is 1. The van der Waals surface area contributed by atoms with Crippen molar-refractivity contribution < 1.29 is 4.79 Å². The first-order valence-corrected chi connectivity index (χ1v) is 7.24. The summed E-state index contributed by atoms with van der Waals surface area (Å²) in [5.41, 5.74) is 2.39. The Morgan fingerprint density at radius 1 is 1.35 bits per heavy atom. The number of nitrogens with zero attached hydrogens (tertiary/aromatic N) is 4. The molecule has 2 aromatic heterocycles. The average Bonchev–Trinajstić information content (AvgIpc) is 2.90. The van der Waals surface area contributed by atoms with Crippen LogP contribution in [-0.2, 0) is 24.9 Å². The van der Waals surface area contributed by atoms with E-state index in [0.29, 0.717) is 17.6 Å². The maximum absolute atomic E-state index is 12.3. The summed E-state index contributed by atoms with van der Waals surface area (Å²) < 4.78 is 2.81. The van der Waals surface area contributed by atoms with E-state index >= 15 is 0 Å². The molecule has 0 saturated heterocycles. The molecule has 7 nitrogen and oxygen atoms in total. The summed E-state index contributed by atoms with van der Waals surface area (Å²) in [4.78, 5) is 28.5. The Morgan fingerprint density at radius 2 is 2.17 bits per heavy atom. The molecule has 0 aliphatic heterocycles. The highest BCUT2D eigenvalue weighted by molar-refractivity contribution is 5.77. The quantitative estimate of drug-likeness (QED) is 0.771. The van der Waals surface area contributed by atoms with Gasteiger partial charge < -0.3 is 5.32 Å². The van der Waals surface area contributed by atoms with Crippen LogP contribution in [0, 0.1) is 6.92 Å². The van der Waals surface area contributed by atoms with E-state index in [2.05, 4.69) is 15.4 Å². The van der Waals surface area contributed by atoms with Crippen LogP contribution < -0.4 is 10.9 Å². The molecule has 0 radical (unpaired) electrons. The topological polar surface area (TPSA) is 81.8 Å². The summed E-state index contributed by atoms with van der Waals surface area (Å²) in [6.07, 6.45) is 2.84. The van der Waals surface area contributed by atoms with E-state index in [1.807, 2.05) is 31.2 Å². The minimum absolute atomic E-state index is 0.0670. The van der Waals surface area contributed by atoms with E-state index in [1.165, 1.54) is 21.8 Å². The highest BCUT2D eigenvalue weighted by Gasteiger charge is 2.10. The lowest BCUT2D eigenvalue weighted by molar-refractivity contribution is -0.121. The van der Waals surface area contributed by atoms with E-state index < -0.39 is 0 Å². The zero-order valence-electron chi connectivity index (χ0n) is 13.0. The molecule has 23 heavy (non-hydrogen) atoms. The van der Waals surface area contributed by atoms with Crippen LogP contribution in [0.2, 0.25) is 0 Å². The Bertz CT molecular complexity index is 926. The van der Waals surface area contributed by atoms with Crippen LogP contribution in [0.15, 0.2) is 41.6 Å². The highest BCUT2D eigenvalue weighted by atomic mass is 16.2. The van der Waals surface area contributed by atoms with Crippen LogP contribution in [0.4, 0.5) is 0 Å². The highest BCUT2D eigenvalue weighted by Crippen LogP contribution is 2.04. The van der Waals surface area contributed by atoms with Crippen LogP contribution in [0.1, 0.15) is 11.1 Å². The number of hydrogen-bond donors (Lipinski definition) is 1. The smallest absolute Gasteiger partial charge is 0.264 e. The molecule has 1 amide bonds. The number of nitrogens with one attached hydrogen (secondary N) is 1. The van der Waals surface area contributed by atoms with Gasteiger partial charge in [-0.25, -0.2) is 4.98 Å². The molecule has 0 bridgehead atoms. The Hall–Kier alpha value is -2.96. The maximum atomic E-state index is 12.3. The standard InChI is InChI=1S/C16H17N5O2/c1-11-4-3-5-12(6-11)7-17-14(22)9-21-10-18-15-13(16(21)23)8-19-20(15)2/h3-6,8,10H,7,9H2,1-2H3,(H,17,22). The minimum atomic E-state index is -0.270. The van der Waals surface area contributed by atoms with Crippen molar-refractivity contribution in [3.05, 3.63) is 58.3 Å². The Kier molecular flexibility index (Phi) is 3.92. The number of fused-ring (bicyclic) bond motifs is 1. The fourth-order valence-electron chi connectivity index (χ4n) is 2.41. The van der Waals surface area contributed by atoms with Crippen molar-refractivity contribution >= 4 is 16.9 Å². The molecule has 118 valence electrons. The Labute approximate surface area is 132 Å². The second-order valence-corrected chi connectivity index (χ2v) is 5.45. The lowest BCUT2D eigenvalue weighted by atomic mass is 10.1. The molecule has 0 spiro atoms. The van der Waals surface area contributed by atoms with E-state index in [4.69, 9.17) is 0 Å². The van der Waals surface area contributed by atoms with Gasteiger partial charge in [-0.2, -0.15) is 5.10 Å². The predicted molar refractivity (Wildman–Crippen MR) is 85.8 cm³/mol. The molecule has 7 heteroatoms. The number of hydrogen-bond acceptors (Lipinski definition) is 4. The molecular weight excluding hydrogens is 294 g/mol. The number of aryl methyl sites for hydroxylation is 2. The van der Waals surface area contributed by atoms with Crippen LogP contribution in [-0.4, -0.2) is 25.2 Å². The summed E-state index contributed by atoms with van der Waals surface area (Å²) in [6.45, 7) is 2.36. The van der Waals surface area contributed by atoms with Crippen molar-refractivity contribution in [1.29, 1.82) is 0 Å². The Balaban J connectivity index is 1.70. The minimum Gasteiger partial charge on any atom is -0.350 e. The van der Waals surface area contributed by atoms with Crippen molar-refractivity contribution in [2.75, 3.05) is 0 Å². The molecular formula is C16H17N5O2. The van der Waals surface area contributed by atoms with Gasteiger partial charge in [-0.15, -0.1) is 0 Å². The largest absolute Gasteiger partial charge is 0.350 e. The number of amides is 1. The van der Waals surface area contributed by atoms with E-state index in [0.717, 1.165) is 11.1 Å². The van der Waals surface area contributed by atoms with Gasteiger partial charge in [0.1, 0.15) is 18.3 Å². The van der Waals surface area contributed by atoms with Gasteiger partial charge in [0.15, 0.2) is 5.65 Å². The lowest BCUT2D eigenvalue weighted by Crippen LogP contribution is -2.32. The molecule has 1 aromatic carbocycles. The molecule has 3 rings (SSSR count). The van der Waals surface area contributed by atoms with Crippen molar-refractivity contribution in [1.82, 2.24) is 24.6 Å². The molecule has 1 N–H and O–H groups in total. The van der Waals surface area contributed by atoms with Gasteiger partial charge in [-0.1, -0.05) is 29.8 Å². The molecule has 0 atom stereocenters. The van der Waals surface area contributed by atoms with E-state index in [1.54, 1.807) is 7.05 Å². The van der Waals surface area contributed by atoms with Gasteiger partial charge in [0.25, 0.3) is 5.56 Å².